The van der Waals surface area contributed by atoms with E-state index in [4.69, 9.17) is 10.1 Å². The fraction of sp³-hybridized carbons (Fsp3) is 0.435. The Morgan fingerprint density at radius 3 is 2.74 bits per heavy atom. The summed E-state index contributed by atoms with van der Waals surface area (Å²) in [6, 6.07) is 7.37. The standard InChI is InChI=1S/C23H24F2N4O2/c24-19-9-18(13-27-14-19)22-7-8-31-29(22)23(30)16-3-1-15(2-4-16)12-28-20-5-6-21(25)17(10-20)11-26/h5-6,9-10,13-16,22,28H,1-4,7-8,12H2/t15?,16?,22-/m0/s1. The van der Waals surface area contributed by atoms with Crippen molar-refractivity contribution in [2.45, 2.75) is 38.1 Å². The molecule has 0 spiro atoms. The van der Waals surface area contributed by atoms with E-state index in [0.29, 0.717) is 36.7 Å². The highest BCUT2D eigenvalue weighted by molar-refractivity contribution is 5.78. The molecule has 162 valence electrons. The van der Waals surface area contributed by atoms with Gasteiger partial charge in [0.2, 0.25) is 5.91 Å². The summed E-state index contributed by atoms with van der Waals surface area (Å²) >= 11 is 0. The van der Waals surface area contributed by atoms with E-state index < -0.39 is 11.6 Å². The van der Waals surface area contributed by atoms with Crippen LogP contribution in [0, 0.1) is 34.8 Å². The number of anilines is 1. The number of nitriles is 1. The largest absolute Gasteiger partial charge is 0.385 e. The van der Waals surface area contributed by atoms with Crippen molar-refractivity contribution in [1.29, 1.82) is 5.26 Å². The Morgan fingerprint density at radius 1 is 1.19 bits per heavy atom. The zero-order valence-corrected chi connectivity index (χ0v) is 17.1. The van der Waals surface area contributed by atoms with Crippen LogP contribution in [0.15, 0.2) is 36.7 Å². The molecule has 6 nitrogen and oxygen atoms in total. The van der Waals surface area contributed by atoms with Gasteiger partial charge >= 0.3 is 0 Å². The summed E-state index contributed by atoms with van der Waals surface area (Å²) < 4.78 is 27.0. The molecule has 1 aliphatic heterocycles. The predicted octanol–water partition coefficient (Wildman–Crippen LogP) is 4.35. The van der Waals surface area contributed by atoms with E-state index in [2.05, 4.69) is 10.3 Å². The van der Waals surface area contributed by atoms with Gasteiger partial charge in [0.25, 0.3) is 0 Å². The van der Waals surface area contributed by atoms with Gasteiger partial charge < -0.3 is 5.32 Å². The first-order valence-electron chi connectivity index (χ1n) is 10.5. The number of pyridine rings is 1. The SMILES string of the molecule is N#Cc1cc(NCC2CCC(C(=O)N3OCC[C@H]3c3cncc(F)c3)CC2)ccc1F. The lowest BCUT2D eigenvalue weighted by Crippen LogP contribution is -2.37. The summed E-state index contributed by atoms with van der Waals surface area (Å²) in [6.07, 6.45) is 6.63. The van der Waals surface area contributed by atoms with Crippen LogP contribution in [0.25, 0.3) is 0 Å². The molecule has 2 heterocycles. The molecule has 1 N–H and O–H groups in total. The number of halogens is 2. The van der Waals surface area contributed by atoms with Crippen molar-refractivity contribution in [2.24, 2.45) is 11.8 Å². The number of benzene rings is 1. The quantitative estimate of drug-likeness (QED) is 0.769. The Morgan fingerprint density at radius 2 is 2.00 bits per heavy atom. The molecule has 1 saturated heterocycles. The van der Waals surface area contributed by atoms with Crippen molar-refractivity contribution >= 4 is 11.6 Å². The van der Waals surface area contributed by atoms with Crippen LogP contribution < -0.4 is 5.32 Å². The topological polar surface area (TPSA) is 78.2 Å². The number of nitrogens with one attached hydrogen (secondary N) is 1. The molecule has 4 rings (SSSR count). The third-order valence-electron chi connectivity index (χ3n) is 6.11. The number of hydrogen-bond donors (Lipinski definition) is 1. The second kappa shape index (κ2) is 9.40. The van der Waals surface area contributed by atoms with E-state index in [1.165, 1.54) is 23.3 Å². The number of rotatable bonds is 5. The van der Waals surface area contributed by atoms with E-state index >= 15 is 0 Å². The maximum Gasteiger partial charge on any atom is 0.249 e. The highest BCUT2D eigenvalue weighted by Crippen LogP contribution is 2.36. The number of carbonyl (C=O) groups excluding carboxylic acids is 1. The van der Waals surface area contributed by atoms with Crippen LogP contribution in [0.3, 0.4) is 0 Å². The van der Waals surface area contributed by atoms with Crippen molar-refractivity contribution in [1.82, 2.24) is 10.0 Å². The number of nitrogens with zero attached hydrogens (tertiary/aromatic N) is 3. The number of amides is 1. The Balaban J connectivity index is 1.30. The van der Waals surface area contributed by atoms with Gasteiger partial charge in [-0.3, -0.25) is 14.6 Å². The molecule has 1 amide bonds. The third kappa shape index (κ3) is 4.83. The van der Waals surface area contributed by atoms with Crippen molar-refractivity contribution in [3.8, 4) is 6.07 Å². The van der Waals surface area contributed by atoms with E-state index in [-0.39, 0.29) is 23.4 Å². The number of aromatic nitrogens is 1. The summed E-state index contributed by atoms with van der Waals surface area (Å²) in [7, 11) is 0. The van der Waals surface area contributed by atoms with E-state index in [1.807, 2.05) is 6.07 Å². The van der Waals surface area contributed by atoms with Gasteiger partial charge in [-0.15, -0.1) is 0 Å². The lowest BCUT2D eigenvalue weighted by molar-refractivity contribution is -0.183. The molecule has 0 unspecified atom stereocenters. The lowest BCUT2D eigenvalue weighted by Gasteiger charge is -2.32. The first-order chi connectivity index (χ1) is 15.0. The summed E-state index contributed by atoms with van der Waals surface area (Å²) in [6.45, 7) is 1.13. The van der Waals surface area contributed by atoms with Gasteiger partial charge in [0.05, 0.1) is 24.4 Å². The van der Waals surface area contributed by atoms with E-state index in [0.717, 1.165) is 31.9 Å². The summed E-state index contributed by atoms with van der Waals surface area (Å²) in [5.41, 5.74) is 1.39. The zero-order valence-electron chi connectivity index (χ0n) is 17.1. The molecule has 2 aromatic rings. The van der Waals surface area contributed by atoms with Crippen molar-refractivity contribution in [3.63, 3.8) is 0 Å². The normalized spacial score (nSPS) is 23.4. The highest BCUT2D eigenvalue weighted by Gasteiger charge is 2.37. The second-order valence-corrected chi connectivity index (χ2v) is 8.14. The molecule has 0 bridgehead atoms. The predicted molar refractivity (Wildman–Crippen MR) is 109 cm³/mol. The minimum absolute atomic E-state index is 0.0213. The number of hydroxylamine groups is 2. The molecule has 31 heavy (non-hydrogen) atoms. The molecular weight excluding hydrogens is 402 g/mol. The zero-order chi connectivity index (χ0) is 21.8. The van der Waals surface area contributed by atoms with Crippen LogP contribution in [0.2, 0.25) is 0 Å². The second-order valence-electron chi connectivity index (χ2n) is 8.14. The van der Waals surface area contributed by atoms with Crippen LogP contribution in [0.1, 0.15) is 49.3 Å². The van der Waals surface area contributed by atoms with E-state index in [9.17, 15) is 13.6 Å². The minimum atomic E-state index is -0.525. The number of carbonyl (C=O) groups is 1. The molecule has 1 saturated carbocycles. The van der Waals surface area contributed by atoms with Gasteiger partial charge in [-0.2, -0.15) is 5.26 Å². The molecule has 0 radical (unpaired) electrons. The van der Waals surface area contributed by atoms with Crippen LogP contribution >= 0.6 is 0 Å². The average molecular weight is 426 g/mol. The van der Waals surface area contributed by atoms with E-state index in [1.54, 1.807) is 12.3 Å². The maximum absolute atomic E-state index is 13.6. The van der Waals surface area contributed by atoms with Gasteiger partial charge in [0, 0.05) is 30.8 Å². The highest BCUT2D eigenvalue weighted by atomic mass is 19.1. The molecule has 1 aromatic carbocycles. The fourth-order valence-corrected chi connectivity index (χ4v) is 4.38. The van der Waals surface area contributed by atoms with Crippen molar-refractivity contribution in [2.75, 3.05) is 18.5 Å². The van der Waals surface area contributed by atoms with Crippen LogP contribution in [-0.2, 0) is 9.63 Å². The van der Waals surface area contributed by atoms with Crippen molar-refractivity contribution in [3.05, 3.63) is 59.4 Å². The van der Waals surface area contributed by atoms with Crippen LogP contribution in [0.4, 0.5) is 14.5 Å². The maximum atomic E-state index is 13.6. The Bertz CT molecular complexity index is 986. The lowest BCUT2D eigenvalue weighted by atomic mass is 9.81. The van der Waals surface area contributed by atoms with Crippen LogP contribution in [0.5, 0.6) is 0 Å². The van der Waals surface area contributed by atoms with Gasteiger partial charge in [0.1, 0.15) is 17.7 Å². The first-order valence-corrected chi connectivity index (χ1v) is 10.5. The molecular formula is C23H24F2N4O2. The fourth-order valence-electron chi connectivity index (χ4n) is 4.38. The van der Waals surface area contributed by atoms with Gasteiger partial charge in [-0.25, -0.2) is 13.8 Å². The van der Waals surface area contributed by atoms with Crippen LogP contribution in [-0.4, -0.2) is 29.1 Å². The average Bonchev–Trinajstić information content (AvgIpc) is 3.28. The first kappa shape index (κ1) is 21.2. The van der Waals surface area contributed by atoms with Gasteiger partial charge in [-0.05, 0) is 61.4 Å². The molecule has 1 atom stereocenters. The summed E-state index contributed by atoms with van der Waals surface area (Å²) in [5.74, 6) is -0.719. The summed E-state index contributed by atoms with van der Waals surface area (Å²) in [4.78, 5) is 22.6. The Hall–Kier alpha value is -3.05. The summed E-state index contributed by atoms with van der Waals surface area (Å²) in [5, 5.41) is 13.6. The molecule has 8 heteroatoms. The molecule has 1 aliphatic carbocycles. The molecule has 2 fully saturated rings. The Kier molecular flexibility index (Phi) is 6.42. The van der Waals surface area contributed by atoms with Crippen molar-refractivity contribution < 1.29 is 18.4 Å². The smallest absolute Gasteiger partial charge is 0.249 e. The number of hydrogen-bond acceptors (Lipinski definition) is 5. The monoisotopic (exact) mass is 426 g/mol. The third-order valence-corrected chi connectivity index (χ3v) is 6.11. The van der Waals surface area contributed by atoms with Gasteiger partial charge in [-0.1, -0.05) is 0 Å². The van der Waals surface area contributed by atoms with Gasteiger partial charge in [0.15, 0.2) is 0 Å². The molecule has 1 aromatic heterocycles. The molecule has 2 aliphatic rings. The Labute approximate surface area is 179 Å². The minimum Gasteiger partial charge on any atom is -0.385 e.